The third-order valence-electron chi connectivity index (χ3n) is 5.86. The predicted molar refractivity (Wildman–Crippen MR) is 127 cm³/mol. The number of aliphatic hydroxyl groups is 1. The number of nitrogens with one attached hydrogen (secondary N) is 1. The van der Waals surface area contributed by atoms with E-state index in [0.717, 1.165) is 0 Å². The molecular formula is C26H24F2N4O3. The van der Waals surface area contributed by atoms with E-state index in [4.69, 9.17) is 4.98 Å². The normalized spacial score (nSPS) is 12.0. The first-order valence-electron chi connectivity index (χ1n) is 11.0. The van der Waals surface area contributed by atoms with Crippen molar-refractivity contribution in [2.75, 3.05) is 6.54 Å². The Morgan fingerprint density at radius 1 is 1.00 bits per heavy atom. The van der Waals surface area contributed by atoms with Crippen molar-refractivity contribution in [1.82, 2.24) is 14.9 Å². The van der Waals surface area contributed by atoms with Gasteiger partial charge in [-0.1, -0.05) is 60.7 Å². The summed E-state index contributed by atoms with van der Waals surface area (Å²) in [6, 6.07) is 22.8. The molecule has 0 saturated carbocycles. The average molecular weight is 478 g/mol. The molecule has 0 radical (unpaired) electrons. The van der Waals surface area contributed by atoms with E-state index in [1.165, 1.54) is 12.1 Å². The Balaban J connectivity index is 1.81. The van der Waals surface area contributed by atoms with Crippen LogP contribution in [-0.2, 0) is 16.9 Å². The summed E-state index contributed by atoms with van der Waals surface area (Å²) >= 11 is 0. The van der Waals surface area contributed by atoms with Crippen molar-refractivity contribution in [2.24, 2.45) is 5.73 Å². The molecule has 0 saturated heterocycles. The first-order chi connectivity index (χ1) is 16.7. The van der Waals surface area contributed by atoms with E-state index in [-0.39, 0.29) is 5.56 Å². The summed E-state index contributed by atoms with van der Waals surface area (Å²) in [5, 5.41) is 14.2. The van der Waals surface area contributed by atoms with Gasteiger partial charge in [-0.25, -0.2) is 4.98 Å². The molecule has 0 aliphatic heterocycles. The number of aryl methyl sites for hydroxylation is 1. The number of fused-ring (bicyclic) bond motifs is 1. The van der Waals surface area contributed by atoms with Crippen molar-refractivity contribution in [2.45, 2.75) is 25.0 Å². The second-order valence-electron chi connectivity index (χ2n) is 8.08. The quantitative estimate of drug-likeness (QED) is 0.361. The van der Waals surface area contributed by atoms with Gasteiger partial charge >= 0.3 is 5.92 Å². The van der Waals surface area contributed by atoms with Crippen molar-refractivity contribution in [3.05, 3.63) is 101 Å². The van der Waals surface area contributed by atoms with E-state index < -0.39 is 29.9 Å². The Morgan fingerprint density at radius 3 is 2.09 bits per heavy atom. The van der Waals surface area contributed by atoms with Gasteiger partial charge < -0.3 is 20.7 Å². The topological polar surface area (TPSA) is 110 Å². The summed E-state index contributed by atoms with van der Waals surface area (Å²) in [7, 11) is 0. The van der Waals surface area contributed by atoms with Crippen LogP contribution in [0.1, 0.15) is 34.2 Å². The van der Waals surface area contributed by atoms with E-state index in [9.17, 15) is 23.5 Å². The summed E-state index contributed by atoms with van der Waals surface area (Å²) in [4.78, 5) is 28.1. The fourth-order valence-electron chi connectivity index (χ4n) is 4.02. The first kappa shape index (κ1) is 24.0. The van der Waals surface area contributed by atoms with Crippen LogP contribution in [0.15, 0.2) is 78.9 Å². The third-order valence-corrected chi connectivity index (χ3v) is 5.86. The molecule has 180 valence electrons. The lowest BCUT2D eigenvalue weighted by Gasteiger charge is -2.29. The molecule has 3 aromatic carbocycles. The highest BCUT2D eigenvalue weighted by Gasteiger charge is 2.39. The van der Waals surface area contributed by atoms with E-state index in [1.54, 1.807) is 10.6 Å². The Bertz CT molecular complexity index is 1330. The SMILES string of the molecule is CCn1c(C(O)(c2ccccc2)c2ccccc2)nc2ccc(C(=O)NCC(F)(F)C(N)=O)cc21. The summed E-state index contributed by atoms with van der Waals surface area (Å²) in [6.07, 6.45) is 0. The van der Waals surface area contributed by atoms with Crippen molar-refractivity contribution >= 4 is 22.8 Å². The molecule has 0 aliphatic rings. The van der Waals surface area contributed by atoms with Crippen LogP contribution in [0.25, 0.3) is 11.0 Å². The second kappa shape index (κ2) is 9.27. The summed E-state index contributed by atoms with van der Waals surface area (Å²) in [5.74, 6) is -6.12. The molecule has 0 bridgehead atoms. The number of carbonyl (C=O) groups is 2. The molecule has 1 aromatic heterocycles. The average Bonchev–Trinajstić information content (AvgIpc) is 3.26. The fraction of sp³-hybridized carbons (Fsp3) is 0.192. The van der Waals surface area contributed by atoms with Crippen LogP contribution in [0, 0.1) is 0 Å². The number of nitrogens with zero attached hydrogens (tertiary/aromatic N) is 2. The number of carbonyl (C=O) groups excluding carboxylic acids is 2. The Kier molecular flexibility index (Phi) is 6.36. The van der Waals surface area contributed by atoms with Crippen LogP contribution in [0.4, 0.5) is 8.78 Å². The molecule has 7 nitrogen and oxygen atoms in total. The number of halogens is 2. The van der Waals surface area contributed by atoms with Gasteiger partial charge in [0.1, 0.15) is 0 Å². The minimum atomic E-state index is -3.86. The monoisotopic (exact) mass is 478 g/mol. The van der Waals surface area contributed by atoms with Gasteiger partial charge in [0.05, 0.1) is 17.6 Å². The Labute approximate surface area is 200 Å². The summed E-state index contributed by atoms with van der Waals surface area (Å²) in [6.45, 7) is 1.08. The number of hydrogen-bond acceptors (Lipinski definition) is 4. The second-order valence-corrected chi connectivity index (χ2v) is 8.08. The van der Waals surface area contributed by atoms with Crippen molar-refractivity contribution in [3.63, 3.8) is 0 Å². The van der Waals surface area contributed by atoms with Crippen LogP contribution in [-0.4, -0.2) is 38.9 Å². The van der Waals surface area contributed by atoms with Gasteiger partial charge in [0.25, 0.3) is 11.8 Å². The number of hydrogen-bond donors (Lipinski definition) is 3. The van der Waals surface area contributed by atoms with Gasteiger partial charge in [0.2, 0.25) is 0 Å². The maximum absolute atomic E-state index is 13.5. The zero-order valence-corrected chi connectivity index (χ0v) is 18.9. The van der Waals surface area contributed by atoms with Crippen molar-refractivity contribution in [1.29, 1.82) is 0 Å². The maximum Gasteiger partial charge on any atom is 0.341 e. The van der Waals surface area contributed by atoms with E-state index >= 15 is 0 Å². The molecule has 0 atom stereocenters. The Hall–Kier alpha value is -4.11. The lowest BCUT2D eigenvalue weighted by Crippen LogP contribution is -2.45. The first-order valence-corrected chi connectivity index (χ1v) is 11.0. The largest absolute Gasteiger partial charge is 0.373 e. The lowest BCUT2D eigenvalue weighted by molar-refractivity contribution is -0.140. The number of imidazole rings is 1. The molecule has 4 rings (SSSR count). The molecular weight excluding hydrogens is 454 g/mol. The van der Waals surface area contributed by atoms with E-state index in [1.807, 2.05) is 72.9 Å². The van der Waals surface area contributed by atoms with E-state index in [2.05, 4.69) is 5.73 Å². The Morgan fingerprint density at radius 2 is 1.57 bits per heavy atom. The third kappa shape index (κ3) is 4.38. The number of alkyl halides is 2. The molecule has 4 N–H and O–H groups in total. The molecule has 0 aliphatic carbocycles. The van der Waals surface area contributed by atoms with E-state index in [0.29, 0.717) is 34.5 Å². The zero-order chi connectivity index (χ0) is 25.2. The van der Waals surface area contributed by atoms with Crippen LogP contribution < -0.4 is 11.1 Å². The van der Waals surface area contributed by atoms with Gasteiger partial charge in [-0.15, -0.1) is 0 Å². The van der Waals surface area contributed by atoms with Gasteiger partial charge in [0.15, 0.2) is 11.4 Å². The molecule has 2 amide bonds. The fourth-order valence-corrected chi connectivity index (χ4v) is 4.02. The number of primary amides is 1. The molecule has 9 heteroatoms. The van der Waals surface area contributed by atoms with Crippen LogP contribution in [0.3, 0.4) is 0 Å². The van der Waals surface area contributed by atoms with Gasteiger partial charge in [0, 0.05) is 12.1 Å². The summed E-state index contributed by atoms with van der Waals surface area (Å²) in [5.41, 5.74) is 5.47. The van der Waals surface area contributed by atoms with Crippen LogP contribution >= 0.6 is 0 Å². The molecule has 4 aromatic rings. The van der Waals surface area contributed by atoms with Gasteiger partial charge in [-0.3, -0.25) is 9.59 Å². The predicted octanol–water partition coefficient (Wildman–Crippen LogP) is 3.19. The highest BCUT2D eigenvalue weighted by molar-refractivity contribution is 5.98. The minimum absolute atomic E-state index is 0.0990. The standard InChI is InChI=1S/C26H24F2N4O3/c1-2-32-21-15-17(22(33)30-16-25(27,28)23(29)34)13-14-20(21)31-24(32)26(35,18-9-5-3-6-10-18)19-11-7-4-8-12-19/h3-15,35H,2,16H2,1H3,(H2,29,34)(H,30,33). The minimum Gasteiger partial charge on any atom is -0.373 e. The highest BCUT2D eigenvalue weighted by Crippen LogP contribution is 2.37. The van der Waals surface area contributed by atoms with Crippen LogP contribution in [0.2, 0.25) is 0 Å². The molecule has 0 spiro atoms. The number of benzene rings is 3. The zero-order valence-electron chi connectivity index (χ0n) is 18.9. The van der Waals surface area contributed by atoms with Crippen molar-refractivity contribution < 1.29 is 23.5 Å². The smallest absolute Gasteiger partial charge is 0.341 e. The molecule has 35 heavy (non-hydrogen) atoms. The number of aromatic nitrogens is 2. The highest BCUT2D eigenvalue weighted by atomic mass is 19.3. The molecule has 1 heterocycles. The number of rotatable bonds is 8. The molecule has 0 unspecified atom stereocenters. The number of nitrogens with two attached hydrogens (primary N) is 1. The lowest BCUT2D eigenvalue weighted by atomic mass is 9.85. The van der Waals surface area contributed by atoms with Gasteiger partial charge in [-0.2, -0.15) is 8.78 Å². The summed E-state index contributed by atoms with van der Waals surface area (Å²) < 4.78 is 28.8. The van der Waals surface area contributed by atoms with Gasteiger partial charge in [-0.05, 0) is 36.2 Å². The maximum atomic E-state index is 13.5. The molecule has 0 fully saturated rings. The number of amides is 2. The van der Waals surface area contributed by atoms with Crippen LogP contribution in [0.5, 0.6) is 0 Å². The van der Waals surface area contributed by atoms with Crippen molar-refractivity contribution in [3.8, 4) is 0 Å².